The SMILES string of the molecule is Cc1ccc(-c2ccnc(NN)n2)s1. The van der Waals surface area contributed by atoms with E-state index in [-0.39, 0.29) is 0 Å². The average molecular weight is 206 g/mol. The maximum Gasteiger partial charge on any atom is 0.237 e. The highest BCUT2D eigenvalue weighted by Crippen LogP contribution is 2.25. The zero-order valence-corrected chi connectivity index (χ0v) is 8.51. The third kappa shape index (κ3) is 1.73. The Morgan fingerprint density at radius 1 is 1.36 bits per heavy atom. The molecule has 0 spiro atoms. The standard InChI is InChI=1S/C9H10N4S/c1-6-2-3-8(14-6)7-4-5-11-9(12-7)13-10/h2-5H,10H2,1H3,(H,11,12,13). The van der Waals surface area contributed by atoms with E-state index in [2.05, 4.69) is 28.4 Å². The number of aryl methyl sites for hydroxylation is 1. The lowest BCUT2D eigenvalue weighted by Gasteiger charge is -1.99. The van der Waals surface area contributed by atoms with E-state index < -0.39 is 0 Å². The minimum Gasteiger partial charge on any atom is -0.292 e. The number of nitrogens with two attached hydrogens (primary N) is 1. The van der Waals surface area contributed by atoms with Crippen LogP contribution in [0, 0.1) is 6.92 Å². The number of nitrogens with one attached hydrogen (secondary N) is 1. The number of thiophene rings is 1. The van der Waals surface area contributed by atoms with Crippen molar-refractivity contribution in [2.24, 2.45) is 5.84 Å². The minimum absolute atomic E-state index is 0.438. The first-order chi connectivity index (χ1) is 6.79. The predicted molar refractivity (Wildman–Crippen MR) is 57.9 cm³/mol. The van der Waals surface area contributed by atoms with Gasteiger partial charge in [0, 0.05) is 11.1 Å². The second-order valence-corrected chi connectivity index (χ2v) is 4.11. The van der Waals surface area contributed by atoms with Crippen molar-refractivity contribution in [3.05, 3.63) is 29.3 Å². The van der Waals surface area contributed by atoms with E-state index in [4.69, 9.17) is 5.84 Å². The molecule has 4 nitrogen and oxygen atoms in total. The fourth-order valence-corrected chi connectivity index (χ4v) is 1.97. The molecule has 0 unspecified atom stereocenters. The van der Waals surface area contributed by atoms with Gasteiger partial charge in [0.05, 0.1) is 10.6 Å². The molecule has 0 bridgehead atoms. The number of rotatable bonds is 2. The van der Waals surface area contributed by atoms with Crippen molar-refractivity contribution < 1.29 is 0 Å². The van der Waals surface area contributed by atoms with Crippen LogP contribution in [0.2, 0.25) is 0 Å². The van der Waals surface area contributed by atoms with Gasteiger partial charge in [0.2, 0.25) is 5.95 Å². The van der Waals surface area contributed by atoms with Gasteiger partial charge in [0.1, 0.15) is 0 Å². The summed E-state index contributed by atoms with van der Waals surface area (Å²) in [7, 11) is 0. The van der Waals surface area contributed by atoms with Crippen molar-refractivity contribution in [1.29, 1.82) is 0 Å². The molecular weight excluding hydrogens is 196 g/mol. The third-order valence-electron chi connectivity index (χ3n) is 1.78. The normalized spacial score (nSPS) is 10.1. The average Bonchev–Trinajstić information content (AvgIpc) is 2.65. The molecule has 2 aromatic rings. The van der Waals surface area contributed by atoms with Crippen LogP contribution in [0.25, 0.3) is 10.6 Å². The van der Waals surface area contributed by atoms with Crippen LogP contribution >= 0.6 is 11.3 Å². The Kier molecular flexibility index (Phi) is 2.43. The van der Waals surface area contributed by atoms with Gasteiger partial charge in [-0.05, 0) is 25.1 Å². The topological polar surface area (TPSA) is 63.8 Å². The molecule has 3 N–H and O–H groups in total. The summed E-state index contributed by atoms with van der Waals surface area (Å²) in [6.07, 6.45) is 1.69. The summed E-state index contributed by atoms with van der Waals surface area (Å²) < 4.78 is 0. The molecule has 0 aliphatic heterocycles. The summed E-state index contributed by atoms with van der Waals surface area (Å²) in [4.78, 5) is 10.6. The highest BCUT2D eigenvalue weighted by atomic mass is 32.1. The Labute approximate surface area is 85.8 Å². The molecule has 0 aliphatic rings. The van der Waals surface area contributed by atoms with Crippen LogP contribution < -0.4 is 11.3 Å². The molecule has 0 radical (unpaired) electrons. The number of nitrogen functional groups attached to an aromatic ring is 1. The van der Waals surface area contributed by atoms with Gasteiger partial charge in [0.25, 0.3) is 0 Å². The Morgan fingerprint density at radius 3 is 2.86 bits per heavy atom. The zero-order valence-electron chi connectivity index (χ0n) is 7.69. The Balaban J connectivity index is 2.41. The molecule has 2 aromatic heterocycles. The number of hydrogen-bond acceptors (Lipinski definition) is 5. The van der Waals surface area contributed by atoms with Crippen LogP contribution in [0.1, 0.15) is 4.88 Å². The lowest BCUT2D eigenvalue weighted by molar-refractivity contribution is 1.12. The van der Waals surface area contributed by atoms with Gasteiger partial charge in [-0.3, -0.25) is 5.43 Å². The largest absolute Gasteiger partial charge is 0.292 e. The van der Waals surface area contributed by atoms with E-state index in [1.165, 1.54) is 4.88 Å². The van der Waals surface area contributed by atoms with Crippen LogP contribution in [-0.2, 0) is 0 Å². The van der Waals surface area contributed by atoms with Crippen LogP contribution in [-0.4, -0.2) is 9.97 Å². The maximum absolute atomic E-state index is 5.23. The van der Waals surface area contributed by atoms with Gasteiger partial charge in [-0.15, -0.1) is 11.3 Å². The molecule has 0 aliphatic carbocycles. The molecule has 2 rings (SSSR count). The van der Waals surface area contributed by atoms with Gasteiger partial charge in [-0.2, -0.15) is 0 Å². The van der Waals surface area contributed by atoms with Crippen molar-refractivity contribution >= 4 is 17.3 Å². The second kappa shape index (κ2) is 3.73. The summed E-state index contributed by atoms with van der Waals surface area (Å²) in [5.74, 6) is 5.67. The van der Waals surface area contributed by atoms with E-state index in [1.54, 1.807) is 17.5 Å². The molecule has 0 aromatic carbocycles. The predicted octanol–water partition coefficient (Wildman–Crippen LogP) is 1.80. The van der Waals surface area contributed by atoms with Crippen molar-refractivity contribution in [3.8, 4) is 10.6 Å². The Hall–Kier alpha value is -1.46. The summed E-state index contributed by atoms with van der Waals surface area (Å²) >= 11 is 1.70. The van der Waals surface area contributed by atoms with E-state index >= 15 is 0 Å². The Morgan fingerprint density at radius 2 is 2.21 bits per heavy atom. The zero-order chi connectivity index (χ0) is 9.97. The highest BCUT2D eigenvalue weighted by Gasteiger charge is 2.02. The molecule has 0 saturated heterocycles. The first-order valence-corrected chi connectivity index (χ1v) is 4.98. The monoisotopic (exact) mass is 206 g/mol. The number of nitrogens with zero attached hydrogens (tertiary/aromatic N) is 2. The molecule has 0 fully saturated rings. The van der Waals surface area contributed by atoms with Crippen LogP contribution in [0.15, 0.2) is 24.4 Å². The summed E-state index contributed by atoms with van der Waals surface area (Å²) in [5.41, 5.74) is 3.32. The molecule has 0 saturated carbocycles. The number of aromatic nitrogens is 2. The van der Waals surface area contributed by atoms with Gasteiger partial charge in [-0.1, -0.05) is 0 Å². The van der Waals surface area contributed by atoms with Gasteiger partial charge in [-0.25, -0.2) is 15.8 Å². The number of anilines is 1. The summed E-state index contributed by atoms with van der Waals surface area (Å²) in [6, 6.07) is 5.98. The quantitative estimate of drug-likeness (QED) is 0.581. The van der Waals surface area contributed by atoms with Crippen LogP contribution in [0.4, 0.5) is 5.95 Å². The van der Waals surface area contributed by atoms with Crippen molar-refractivity contribution in [2.45, 2.75) is 6.92 Å². The summed E-state index contributed by atoms with van der Waals surface area (Å²) in [6.45, 7) is 2.07. The fraction of sp³-hybridized carbons (Fsp3) is 0.111. The molecule has 5 heteroatoms. The molecule has 0 atom stereocenters. The highest BCUT2D eigenvalue weighted by molar-refractivity contribution is 7.15. The van der Waals surface area contributed by atoms with Crippen molar-refractivity contribution in [1.82, 2.24) is 9.97 Å². The van der Waals surface area contributed by atoms with Crippen LogP contribution in [0.3, 0.4) is 0 Å². The first-order valence-electron chi connectivity index (χ1n) is 4.16. The van der Waals surface area contributed by atoms with Gasteiger partial charge < -0.3 is 0 Å². The fourth-order valence-electron chi connectivity index (χ4n) is 1.14. The van der Waals surface area contributed by atoms with E-state index in [1.807, 2.05) is 12.1 Å². The van der Waals surface area contributed by atoms with E-state index in [9.17, 15) is 0 Å². The first kappa shape index (κ1) is 9.11. The Bertz CT molecular complexity index is 438. The van der Waals surface area contributed by atoms with E-state index in [0.29, 0.717) is 5.95 Å². The van der Waals surface area contributed by atoms with Gasteiger partial charge >= 0.3 is 0 Å². The maximum atomic E-state index is 5.23. The summed E-state index contributed by atoms with van der Waals surface area (Å²) in [5, 5.41) is 0. The minimum atomic E-state index is 0.438. The van der Waals surface area contributed by atoms with E-state index in [0.717, 1.165) is 10.6 Å². The smallest absolute Gasteiger partial charge is 0.237 e. The molecule has 14 heavy (non-hydrogen) atoms. The second-order valence-electron chi connectivity index (χ2n) is 2.82. The van der Waals surface area contributed by atoms with Crippen molar-refractivity contribution in [2.75, 3.05) is 5.43 Å². The molecule has 2 heterocycles. The van der Waals surface area contributed by atoms with Gasteiger partial charge in [0.15, 0.2) is 0 Å². The molecule has 0 amide bonds. The third-order valence-corrected chi connectivity index (χ3v) is 2.80. The number of hydrogen-bond donors (Lipinski definition) is 2. The number of hydrazine groups is 1. The molecule has 72 valence electrons. The lowest BCUT2D eigenvalue weighted by Crippen LogP contribution is -2.10. The molecular formula is C9H10N4S. The van der Waals surface area contributed by atoms with Crippen LogP contribution in [0.5, 0.6) is 0 Å². The van der Waals surface area contributed by atoms with Crippen molar-refractivity contribution in [3.63, 3.8) is 0 Å². The lowest BCUT2D eigenvalue weighted by atomic mass is 10.3.